The van der Waals surface area contributed by atoms with Crippen LogP contribution in [0.5, 0.6) is 0 Å². The Hall–Kier alpha value is -2.53. The lowest BCUT2D eigenvalue weighted by atomic mass is 9.91. The van der Waals surface area contributed by atoms with Gasteiger partial charge in [-0.3, -0.25) is 4.79 Å². The van der Waals surface area contributed by atoms with Gasteiger partial charge in [-0.1, -0.05) is 54.6 Å². The first-order valence-corrected chi connectivity index (χ1v) is 8.14. The number of carbonyl (C=O) groups excluding carboxylic acids is 1. The number of carbonyl (C=O) groups is 1. The van der Waals surface area contributed by atoms with Crippen molar-refractivity contribution in [2.45, 2.75) is 13.0 Å². The van der Waals surface area contributed by atoms with Gasteiger partial charge in [0.15, 0.2) is 5.78 Å². The third kappa shape index (κ3) is 3.20. The van der Waals surface area contributed by atoms with E-state index >= 15 is 0 Å². The highest BCUT2D eigenvalue weighted by molar-refractivity contribution is 6.26. The Balaban J connectivity index is 0.000000265. The Morgan fingerprint density at radius 2 is 1.36 bits per heavy atom. The minimum absolute atomic E-state index is 0.123. The number of rotatable bonds is 3. The van der Waals surface area contributed by atoms with E-state index in [1.165, 1.54) is 26.9 Å². The second-order valence-corrected chi connectivity index (χ2v) is 6.04. The monoisotopic (exact) mass is 336 g/mol. The molecule has 0 atom stereocenters. The number of hydrogen-bond donors (Lipinski definition) is 3. The summed E-state index contributed by atoms with van der Waals surface area (Å²) in [5.41, 5.74) is 0.811. The van der Waals surface area contributed by atoms with Gasteiger partial charge in [-0.15, -0.1) is 0 Å². The van der Waals surface area contributed by atoms with E-state index in [4.69, 9.17) is 15.3 Å². The molecule has 4 nitrogen and oxygen atoms in total. The predicted octanol–water partition coefficient (Wildman–Crippen LogP) is 3.12. The van der Waals surface area contributed by atoms with Crippen LogP contribution in [0.3, 0.4) is 0 Å². The van der Waals surface area contributed by atoms with Gasteiger partial charge in [0.1, 0.15) is 6.10 Å². The molecule has 0 bridgehead atoms. The molecule has 4 rings (SSSR count). The standard InChI is InChI=1S/C18H12O.C3H8O3/c1-11(19)15-9-7-14-6-5-12-3-2-4-13-8-10-16(15)18(14)17(12)13;4-1-3(6)2-5/h2-10H,1H3;3-6H,1-2H2. The fourth-order valence-electron chi connectivity index (χ4n) is 3.10. The summed E-state index contributed by atoms with van der Waals surface area (Å²) in [6.45, 7) is 0.902. The molecule has 0 unspecified atom stereocenters. The maximum absolute atomic E-state index is 11.8. The van der Waals surface area contributed by atoms with E-state index in [2.05, 4.69) is 42.5 Å². The van der Waals surface area contributed by atoms with Gasteiger partial charge in [0.2, 0.25) is 0 Å². The zero-order chi connectivity index (χ0) is 18.0. The number of ketones is 1. The van der Waals surface area contributed by atoms with Gasteiger partial charge in [0.05, 0.1) is 13.2 Å². The first-order valence-electron chi connectivity index (χ1n) is 8.14. The lowest BCUT2D eigenvalue weighted by Crippen LogP contribution is -2.15. The Morgan fingerprint density at radius 1 is 0.840 bits per heavy atom. The fourth-order valence-corrected chi connectivity index (χ4v) is 3.10. The maximum Gasteiger partial charge on any atom is 0.160 e. The van der Waals surface area contributed by atoms with E-state index in [9.17, 15) is 4.79 Å². The molecule has 4 heteroatoms. The van der Waals surface area contributed by atoms with Crippen molar-refractivity contribution in [1.29, 1.82) is 0 Å². The number of benzene rings is 4. The van der Waals surface area contributed by atoms with Gasteiger partial charge in [-0.05, 0) is 39.2 Å². The zero-order valence-electron chi connectivity index (χ0n) is 13.9. The van der Waals surface area contributed by atoms with Crippen LogP contribution in [0.1, 0.15) is 17.3 Å². The molecule has 0 amide bonds. The third-order valence-corrected chi connectivity index (χ3v) is 4.33. The van der Waals surface area contributed by atoms with Crippen molar-refractivity contribution in [1.82, 2.24) is 0 Å². The normalized spacial score (nSPS) is 11.2. The van der Waals surface area contributed by atoms with Gasteiger partial charge < -0.3 is 15.3 Å². The van der Waals surface area contributed by atoms with Crippen molar-refractivity contribution < 1.29 is 20.1 Å². The SMILES string of the molecule is CC(=O)c1ccc2ccc3cccc4ccc1c2c34.OCC(O)CO. The first kappa shape index (κ1) is 17.3. The molecule has 3 N–H and O–H groups in total. The number of Topliss-reactive ketones (excluding diaryl/α,β-unsaturated/α-hetero) is 1. The molecule has 0 aliphatic carbocycles. The van der Waals surface area contributed by atoms with Crippen molar-refractivity contribution in [2.24, 2.45) is 0 Å². The van der Waals surface area contributed by atoms with E-state index in [0.29, 0.717) is 0 Å². The molecule has 0 saturated heterocycles. The summed E-state index contributed by atoms with van der Waals surface area (Å²) in [5, 5.41) is 31.2. The second-order valence-electron chi connectivity index (χ2n) is 6.04. The molecule has 0 spiro atoms. The fraction of sp³-hybridized carbons (Fsp3) is 0.190. The van der Waals surface area contributed by atoms with E-state index in [1.54, 1.807) is 6.92 Å². The molecular weight excluding hydrogens is 316 g/mol. The number of hydrogen-bond acceptors (Lipinski definition) is 4. The zero-order valence-corrected chi connectivity index (χ0v) is 13.9. The Bertz CT molecular complexity index is 1000. The molecule has 4 aromatic carbocycles. The first-order chi connectivity index (χ1) is 12.1. The molecule has 25 heavy (non-hydrogen) atoms. The van der Waals surface area contributed by atoms with E-state index in [1.807, 2.05) is 12.1 Å². The molecule has 0 radical (unpaired) electrons. The van der Waals surface area contributed by atoms with Crippen molar-refractivity contribution in [3.8, 4) is 0 Å². The summed E-state index contributed by atoms with van der Waals surface area (Å²) in [7, 11) is 0. The molecule has 128 valence electrons. The van der Waals surface area contributed by atoms with E-state index in [0.717, 1.165) is 10.9 Å². The average molecular weight is 336 g/mol. The molecule has 0 heterocycles. The Labute approximate surface area is 145 Å². The van der Waals surface area contributed by atoms with Crippen molar-refractivity contribution in [3.63, 3.8) is 0 Å². The summed E-state index contributed by atoms with van der Waals surface area (Å²) in [6.07, 6.45) is -0.954. The van der Waals surface area contributed by atoms with Crippen LogP contribution in [0, 0.1) is 0 Å². The summed E-state index contributed by atoms with van der Waals surface area (Å²) in [4.78, 5) is 11.8. The van der Waals surface area contributed by atoms with Gasteiger partial charge >= 0.3 is 0 Å². The summed E-state index contributed by atoms with van der Waals surface area (Å²) in [5.74, 6) is 0.123. The molecule has 0 saturated carbocycles. The van der Waals surface area contributed by atoms with Crippen LogP contribution in [-0.2, 0) is 0 Å². The Morgan fingerprint density at radius 3 is 1.88 bits per heavy atom. The van der Waals surface area contributed by atoms with Crippen LogP contribution in [-0.4, -0.2) is 40.4 Å². The molecule has 0 aliphatic rings. The Kier molecular flexibility index (Phi) is 4.95. The smallest absolute Gasteiger partial charge is 0.160 e. The molecule has 0 fully saturated rings. The van der Waals surface area contributed by atoms with E-state index < -0.39 is 6.10 Å². The highest BCUT2D eigenvalue weighted by Gasteiger charge is 2.12. The summed E-state index contributed by atoms with van der Waals surface area (Å²) >= 11 is 0. The molecular formula is C21H20O4. The molecule has 4 aromatic rings. The minimum Gasteiger partial charge on any atom is -0.394 e. The predicted molar refractivity (Wildman–Crippen MR) is 100 cm³/mol. The highest BCUT2D eigenvalue weighted by atomic mass is 16.3. The summed E-state index contributed by atoms with van der Waals surface area (Å²) < 4.78 is 0. The van der Waals surface area contributed by atoms with Crippen LogP contribution >= 0.6 is 0 Å². The van der Waals surface area contributed by atoms with Crippen LogP contribution in [0.15, 0.2) is 54.6 Å². The van der Waals surface area contributed by atoms with Gasteiger partial charge in [-0.2, -0.15) is 0 Å². The van der Waals surface area contributed by atoms with Gasteiger partial charge in [0, 0.05) is 5.56 Å². The van der Waals surface area contributed by atoms with Crippen molar-refractivity contribution >= 4 is 38.1 Å². The van der Waals surface area contributed by atoms with Gasteiger partial charge in [0.25, 0.3) is 0 Å². The largest absolute Gasteiger partial charge is 0.394 e. The average Bonchev–Trinajstić information content (AvgIpc) is 2.65. The molecule has 0 aromatic heterocycles. The van der Waals surface area contributed by atoms with Crippen LogP contribution in [0.2, 0.25) is 0 Å². The van der Waals surface area contributed by atoms with Crippen molar-refractivity contribution in [2.75, 3.05) is 13.2 Å². The number of aliphatic hydroxyl groups excluding tert-OH is 3. The quantitative estimate of drug-likeness (QED) is 0.397. The topological polar surface area (TPSA) is 77.8 Å². The lowest BCUT2D eigenvalue weighted by Gasteiger charge is -2.12. The number of aliphatic hydroxyl groups is 3. The van der Waals surface area contributed by atoms with E-state index in [-0.39, 0.29) is 19.0 Å². The van der Waals surface area contributed by atoms with Crippen LogP contribution in [0.25, 0.3) is 32.3 Å². The van der Waals surface area contributed by atoms with Crippen LogP contribution in [0.4, 0.5) is 0 Å². The van der Waals surface area contributed by atoms with Gasteiger partial charge in [-0.25, -0.2) is 0 Å². The minimum atomic E-state index is -0.954. The lowest BCUT2D eigenvalue weighted by molar-refractivity contribution is 0.0450. The third-order valence-electron chi connectivity index (χ3n) is 4.33. The molecule has 0 aliphatic heterocycles. The highest BCUT2D eigenvalue weighted by Crippen LogP contribution is 2.35. The van der Waals surface area contributed by atoms with Crippen molar-refractivity contribution in [3.05, 3.63) is 60.2 Å². The van der Waals surface area contributed by atoms with Crippen LogP contribution < -0.4 is 0 Å². The maximum atomic E-state index is 11.8. The summed E-state index contributed by atoms with van der Waals surface area (Å²) in [6, 6.07) is 18.8. The second kappa shape index (κ2) is 7.15.